The summed E-state index contributed by atoms with van der Waals surface area (Å²) in [6.07, 6.45) is 0.186. The number of hydrogen-bond acceptors (Lipinski definition) is 3. The Bertz CT molecular complexity index is 737. The molecule has 0 bridgehead atoms. The van der Waals surface area contributed by atoms with Crippen LogP contribution in [0.5, 0.6) is 0 Å². The Labute approximate surface area is 151 Å². The zero-order chi connectivity index (χ0) is 17.5. The molecule has 0 heterocycles. The summed E-state index contributed by atoms with van der Waals surface area (Å²) in [5, 5.41) is 9.83. The molecule has 124 valence electrons. The first kappa shape index (κ1) is 18.2. The number of rotatable bonds is 6. The normalized spacial score (nSPS) is 12.9. The van der Waals surface area contributed by atoms with E-state index in [9.17, 15) is 10.1 Å². The first-order valence-corrected chi connectivity index (χ1v) is 8.72. The summed E-state index contributed by atoms with van der Waals surface area (Å²) in [5.41, 5.74) is 2.94. The van der Waals surface area contributed by atoms with Gasteiger partial charge in [-0.25, -0.2) is 0 Å². The van der Waals surface area contributed by atoms with Crippen LogP contribution in [-0.4, -0.2) is 12.6 Å². The van der Waals surface area contributed by atoms with Gasteiger partial charge in [-0.1, -0.05) is 52.3 Å². The number of carbonyl (C=O) groups excluding carboxylic acids is 1. The highest BCUT2D eigenvalue weighted by Gasteiger charge is 2.28. The molecule has 2 atom stereocenters. The number of hydrogen-bond donors (Lipinski definition) is 0. The monoisotopic (exact) mass is 385 g/mol. The minimum absolute atomic E-state index is 0.186. The van der Waals surface area contributed by atoms with Crippen LogP contribution in [-0.2, 0) is 9.53 Å². The van der Waals surface area contributed by atoms with Crippen molar-refractivity contribution in [1.29, 1.82) is 5.26 Å². The van der Waals surface area contributed by atoms with Crippen LogP contribution >= 0.6 is 15.9 Å². The summed E-state index contributed by atoms with van der Waals surface area (Å²) in [5.74, 6) is -0.929. The molecule has 0 fully saturated rings. The van der Waals surface area contributed by atoms with Gasteiger partial charge in [-0.05, 0) is 42.7 Å². The lowest BCUT2D eigenvalue weighted by Crippen LogP contribution is -2.17. The highest BCUT2D eigenvalue weighted by molar-refractivity contribution is 9.10. The SMILES string of the molecule is CCOC(=O)CC(c1ccccc1)C(C#N)c1ccc(Br)cc1C. The predicted molar refractivity (Wildman–Crippen MR) is 97.7 cm³/mol. The van der Waals surface area contributed by atoms with Crippen molar-refractivity contribution in [2.45, 2.75) is 32.1 Å². The van der Waals surface area contributed by atoms with E-state index in [0.29, 0.717) is 6.61 Å². The third-order valence-corrected chi connectivity index (χ3v) is 4.52. The number of ether oxygens (including phenoxy) is 1. The van der Waals surface area contributed by atoms with Gasteiger partial charge >= 0.3 is 5.97 Å². The molecule has 2 rings (SSSR count). The fourth-order valence-electron chi connectivity index (χ4n) is 2.89. The van der Waals surface area contributed by atoms with E-state index in [2.05, 4.69) is 22.0 Å². The highest BCUT2D eigenvalue weighted by Crippen LogP contribution is 2.37. The lowest BCUT2D eigenvalue weighted by Gasteiger charge is -2.23. The van der Waals surface area contributed by atoms with Crippen molar-refractivity contribution < 1.29 is 9.53 Å². The van der Waals surface area contributed by atoms with Crippen molar-refractivity contribution in [2.24, 2.45) is 0 Å². The Hall–Kier alpha value is -2.12. The van der Waals surface area contributed by atoms with Crippen LogP contribution in [0.4, 0.5) is 0 Å². The molecule has 0 radical (unpaired) electrons. The number of nitriles is 1. The minimum Gasteiger partial charge on any atom is -0.466 e. The lowest BCUT2D eigenvalue weighted by atomic mass is 9.79. The molecule has 4 heteroatoms. The van der Waals surface area contributed by atoms with Gasteiger partial charge in [-0.15, -0.1) is 0 Å². The number of nitrogens with zero attached hydrogens (tertiary/aromatic N) is 1. The smallest absolute Gasteiger partial charge is 0.306 e. The number of carbonyl (C=O) groups is 1. The first-order valence-electron chi connectivity index (χ1n) is 7.93. The van der Waals surface area contributed by atoms with Crippen LogP contribution in [0.1, 0.15) is 41.9 Å². The van der Waals surface area contributed by atoms with Crippen LogP contribution in [0.3, 0.4) is 0 Å². The molecule has 0 N–H and O–H groups in total. The summed E-state index contributed by atoms with van der Waals surface area (Å²) in [6.45, 7) is 4.11. The molecule has 0 aliphatic heterocycles. The van der Waals surface area contributed by atoms with Gasteiger partial charge in [-0.2, -0.15) is 5.26 Å². The zero-order valence-corrected chi connectivity index (χ0v) is 15.4. The van der Waals surface area contributed by atoms with Crippen molar-refractivity contribution in [3.05, 3.63) is 69.7 Å². The zero-order valence-electron chi connectivity index (χ0n) is 13.8. The molecular formula is C20H20BrNO2. The largest absolute Gasteiger partial charge is 0.466 e. The highest BCUT2D eigenvalue weighted by atomic mass is 79.9. The summed E-state index contributed by atoms with van der Waals surface area (Å²) >= 11 is 3.45. The third-order valence-electron chi connectivity index (χ3n) is 4.03. The Kier molecular flexibility index (Phi) is 6.57. The van der Waals surface area contributed by atoms with Crippen LogP contribution in [0.15, 0.2) is 53.0 Å². The lowest BCUT2D eigenvalue weighted by molar-refractivity contribution is -0.143. The summed E-state index contributed by atoms with van der Waals surface area (Å²) in [6, 6.07) is 18.0. The molecule has 2 unspecified atom stereocenters. The van der Waals surface area contributed by atoms with E-state index < -0.39 is 5.92 Å². The molecular weight excluding hydrogens is 366 g/mol. The van der Waals surface area contributed by atoms with E-state index in [1.807, 2.05) is 55.5 Å². The molecule has 0 amide bonds. The second-order valence-electron chi connectivity index (χ2n) is 5.63. The molecule has 3 nitrogen and oxygen atoms in total. The molecule has 24 heavy (non-hydrogen) atoms. The predicted octanol–water partition coefficient (Wildman–Crippen LogP) is 5.10. The van der Waals surface area contributed by atoms with E-state index >= 15 is 0 Å². The molecule has 0 aliphatic carbocycles. The van der Waals surface area contributed by atoms with Crippen LogP contribution in [0, 0.1) is 18.3 Å². The topological polar surface area (TPSA) is 50.1 Å². The Morgan fingerprint density at radius 1 is 1.25 bits per heavy atom. The number of benzene rings is 2. The Balaban J connectivity index is 2.43. The van der Waals surface area contributed by atoms with Crippen molar-refractivity contribution in [1.82, 2.24) is 0 Å². The van der Waals surface area contributed by atoms with Gasteiger partial charge in [0.1, 0.15) is 0 Å². The second kappa shape index (κ2) is 8.65. The molecule has 0 spiro atoms. The van der Waals surface area contributed by atoms with Crippen LogP contribution < -0.4 is 0 Å². The number of halogens is 1. The third kappa shape index (κ3) is 4.46. The van der Waals surface area contributed by atoms with E-state index in [-0.39, 0.29) is 18.3 Å². The van der Waals surface area contributed by atoms with Gasteiger partial charge in [-0.3, -0.25) is 4.79 Å². The number of esters is 1. The standard InChI is InChI=1S/C20H20BrNO2/c1-3-24-20(23)12-18(15-7-5-4-6-8-15)19(13-22)17-10-9-16(21)11-14(17)2/h4-11,18-19H,3,12H2,1-2H3. The van der Waals surface area contributed by atoms with Gasteiger partial charge in [0.05, 0.1) is 25.0 Å². The fraction of sp³-hybridized carbons (Fsp3) is 0.300. The fourth-order valence-corrected chi connectivity index (χ4v) is 3.37. The van der Waals surface area contributed by atoms with Gasteiger partial charge in [0.15, 0.2) is 0 Å². The van der Waals surface area contributed by atoms with E-state index in [1.165, 1.54) is 0 Å². The molecule has 2 aromatic carbocycles. The van der Waals surface area contributed by atoms with Crippen molar-refractivity contribution >= 4 is 21.9 Å². The van der Waals surface area contributed by atoms with Gasteiger partial charge in [0.2, 0.25) is 0 Å². The molecule has 0 saturated carbocycles. The van der Waals surface area contributed by atoms with Crippen LogP contribution in [0.25, 0.3) is 0 Å². The maximum absolute atomic E-state index is 12.1. The van der Waals surface area contributed by atoms with Gasteiger partial charge < -0.3 is 4.74 Å². The van der Waals surface area contributed by atoms with Crippen LogP contribution in [0.2, 0.25) is 0 Å². The average molecular weight is 386 g/mol. The van der Waals surface area contributed by atoms with Gasteiger partial charge in [0.25, 0.3) is 0 Å². The molecule has 0 aromatic heterocycles. The van der Waals surface area contributed by atoms with Crippen molar-refractivity contribution in [2.75, 3.05) is 6.61 Å². The van der Waals surface area contributed by atoms with E-state index in [1.54, 1.807) is 6.92 Å². The molecule has 0 aliphatic rings. The van der Waals surface area contributed by atoms with Crippen molar-refractivity contribution in [3.8, 4) is 6.07 Å². The van der Waals surface area contributed by atoms with E-state index in [0.717, 1.165) is 21.2 Å². The maximum Gasteiger partial charge on any atom is 0.306 e. The van der Waals surface area contributed by atoms with E-state index in [4.69, 9.17) is 4.74 Å². The van der Waals surface area contributed by atoms with Gasteiger partial charge in [0, 0.05) is 10.4 Å². The quantitative estimate of drug-likeness (QED) is 0.649. The second-order valence-corrected chi connectivity index (χ2v) is 6.55. The average Bonchev–Trinajstić information content (AvgIpc) is 2.57. The minimum atomic E-state index is -0.412. The summed E-state index contributed by atoms with van der Waals surface area (Å²) in [7, 11) is 0. The molecule has 2 aromatic rings. The Morgan fingerprint density at radius 3 is 2.54 bits per heavy atom. The summed E-state index contributed by atoms with van der Waals surface area (Å²) in [4.78, 5) is 12.1. The number of aryl methyl sites for hydroxylation is 1. The maximum atomic E-state index is 12.1. The molecule has 0 saturated heterocycles. The van der Waals surface area contributed by atoms with Crippen molar-refractivity contribution in [3.63, 3.8) is 0 Å². The summed E-state index contributed by atoms with van der Waals surface area (Å²) < 4.78 is 6.09. The first-order chi connectivity index (χ1) is 11.6. The Morgan fingerprint density at radius 2 is 1.96 bits per heavy atom.